The van der Waals surface area contributed by atoms with Gasteiger partial charge in [-0.3, -0.25) is 0 Å². The van der Waals surface area contributed by atoms with E-state index < -0.39 is 18.0 Å². The van der Waals surface area contributed by atoms with Crippen molar-refractivity contribution < 1.29 is 14.7 Å². The van der Waals surface area contributed by atoms with Crippen molar-refractivity contribution in [1.29, 1.82) is 0 Å². The Hall–Kier alpha value is -1.56. The van der Waals surface area contributed by atoms with Crippen molar-refractivity contribution in [3.05, 3.63) is 22.4 Å². The lowest BCUT2D eigenvalue weighted by Crippen LogP contribution is -2.46. The summed E-state index contributed by atoms with van der Waals surface area (Å²) in [4.78, 5) is 24.0. The minimum Gasteiger partial charge on any atom is -0.479 e. The first-order valence-electron chi connectivity index (χ1n) is 7.36. The first kappa shape index (κ1) is 15.8. The molecule has 4 unspecified atom stereocenters. The Bertz CT molecular complexity index is 489. The van der Waals surface area contributed by atoms with Gasteiger partial charge in [0.2, 0.25) is 0 Å². The zero-order chi connectivity index (χ0) is 15.4. The second-order valence-corrected chi connectivity index (χ2v) is 6.60. The fourth-order valence-electron chi connectivity index (χ4n) is 3.08. The van der Waals surface area contributed by atoms with Crippen LogP contribution in [0.15, 0.2) is 17.5 Å². The Morgan fingerprint density at radius 2 is 2.24 bits per heavy atom. The van der Waals surface area contributed by atoms with Crippen LogP contribution in [0.2, 0.25) is 0 Å². The number of carboxylic acid groups (broad SMARTS) is 1. The van der Waals surface area contributed by atoms with Crippen LogP contribution in [0, 0.1) is 11.8 Å². The molecule has 5 nitrogen and oxygen atoms in total. The van der Waals surface area contributed by atoms with Gasteiger partial charge in [0.05, 0.1) is 0 Å². The number of hydrogen-bond acceptors (Lipinski definition) is 3. The van der Waals surface area contributed by atoms with E-state index in [1.807, 2.05) is 0 Å². The minimum atomic E-state index is -1.04. The summed E-state index contributed by atoms with van der Waals surface area (Å²) >= 11 is 1.33. The van der Waals surface area contributed by atoms with Crippen molar-refractivity contribution in [2.45, 2.75) is 45.2 Å². The Kier molecular flexibility index (Phi) is 5.22. The van der Waals surface area contributed by atoms with Crippen molar-refractivity contribution in [2.75, 3.05) is 0 Å². The molecule has 6 heteroatoms. The molecule has 4 atom stereocenters. The molecule has 1 aromatic rings. The van der Waals surface area contributed by atoms with Crippen molar-refractivity contribution >= 4 is 23.3 Å². The van der Waals surface area contributed by atoms with Crippen LogP contribution >= 0.6 is 11.3 Å². The molecule has 1 aliphatic rings. The largest absolute Gasteiger partial charge is 0.479 e. The smallest absolute Gasteiger partial charge is 0.331 e. The van der Waals surface area contributed by atoms with Gasteiger partial charge in [0.15, 0.2) is 6.04 Å². The quantitative estimate of drug-likeness (QED) is 0.782. The van der Waals surface area contributed by atoms with Gasteiger partial charge < -0.3 is 15.7 Å². The fraction of sp³-hybridized carbons (Fsp3) is 0.600. The van der Waals surface area contributed by atoms with Crippen LogP contribution in [0.5, 0.6) is 0 Å². The van der Waals surface area contributed by atoms with Crippen LogP contribution in [0.3, 0.4) is 0 Å². The molecule has 0 saturated heterocycles. The Balaban J connectivity index is 1.93. The van der Waals surface area contributed by atoms with Crippen molar-refractivity contribution in [3.8, 4) is 0 Å². The maximum Gasteiger partial charge on any atom is 0.331 e. The fourth-order valence-corrected chi connectivity index (χ4v) is 3.85. The zero-order valence-corrected chi connectivity index (χ0v) is 13.2. The maximum atomic E-state index is 12.1. The van der Waals surface area contributed by atoms with E-state index in [-0.39, 0.29) is 6.04 Å². The number of urea groups is 1. The molecule has 0 spiro atoms. The van der Waals surface area contributed by atoms with Crippen molar-refractivity contribution in [3.63, 3.8) is 0 Å². The molecule has 0 radical (unpaired) electrons. The van der Waals surface area contributed by atoms with Crippen LogP contribution in [0.1, 0.15) is 44.0 Å². The molecule has 0 aliphatic heterocycles. The third-order valence-corrected chi connectivity index (χ3v) is 5.35. The predicted octanol–water partition coefficient (Wildman–Crippen LogP) is 3.00. The number of carboxylic acids is 1. The normalized spacial score (nSPS) is 26.3. The zero-order valence-electron chi connectivity index (χ0n) is 12.3. The van der Waals surface area contributed by atoms with Gasteiger partial charge in [-0.25, -0.2) is 9.59 Å². The topological polar surface area (TPSA) is 78.4 Å². The molecule has 1 saturated carbocycles. The summed E-state index contributed by atoms with van der Waals surface area (Å²) in [6.07, 6.45) is 3.20. The van der Waals surface area contributed by atoms with E-state index in [0.717, 1.165) is 19.3 Å². The molecule has 2 amide bonds. The number of aliphatic carboxylic acids is 1. The number of rotatable bonds is 5. The van der Waals surface area contributed by atoms with Crippen molar-refractivity contribution in [1.82, 2.24) is 10.6 Å². The monoisotopic (exact) mass is 310 g/mol. The van der Waals surface area contributed by atoms with E-state index in [2.05, 4.69) is 24.5 Å². The highest BCUT2D eigenvalue weighted by Crippen LogP contribution is 2.33. The molecule has 0 aromatic carbocycles. The summed E-state index contributed by atoms with van der Waals surface area (Å²) in [5.74, 6) is 0.0344. The molecule has 1 aromatic heterocycles. The first-order chi connectivity index (χ1) is 10.0. The number of amides is 2. The third-order valence-electron chi connectivity index (χ3n) is 4.42. The SMILES string of the molecule is CCC1CCC(NC(=O)NC(C(=O)O)c2cccs2)C1C. The van der Waals surface area contributed by atoms with Gasteiger partial charge in [-0.15, -0.1) is 11.3 Å². The number of carbonyl (C=O) groups is 2. The lowest BCUT2D eigenvalue weighted by Gasteiger charge is -2.22. The number of hydrogen-bond donors (Lipinski definition) is 3. The molecule has 1 heterocycles. The Labute approximate surface area is 128 Å². The number of carbonyl (C=O) groups excluding carboxylic acids is 1. The van der Waals surface area contributed by atoms with Crippen LogP contribution in [-0.4, -0.2) is 23.1 Å². The highest BCUT2D eigenvalue weighted by molar-refractivity contribution is 7.10. The van der Waals surface area contributed by atoms with E-state index in [1.54, 1.807) is 17.5 Å². The van der Waals surface area contributed by atoms with Gasteiger partial charge in [0.1, 0.15) is 0 Å². The lowest BCUT2D eigenvalue weighted by atomic mass is 9.93. The van der Waals surface area contributed by atoms with E-state index in [0.29, 0.717) is 16.7 Å². The highest BCUT2D eigenvalue weighted by atomic mass is 32.1. The van der Waals surface area contributed by atoms with Gasteiger partial charge in [0.25, 0.3) is 0 Å². The summed E-state index contributed by atoms with van der Waals surface area (Å²) < 4.78 is 0. The van der Waals surface area contributed by atoms with Gasteiger partial charge in [-0.05, 0) is 36.1 Å². The molecule has 2 rings (SSSR count). The summed E-state index contributed by atoms with van der Waals surface area (Å²) in [6, 6.07) is 2.25. The standard InChI is InChI=1S/C15H22N2O3S/c1-3-10-6-7-11(9(10)2)16-15(20)17-13(14(18)19)12-5-4-8-21-12/h4-5,8-11,13H,3,6-7H2,1-2H3,(H,18,19)(H2,16,17,20). The molecule has 21 heavy (non-hydrogen) atoms. The van der Waals surface area contributed by atoms with Gasteiger partial charge >= 0.3 is 12.0 Å². The van der Waals surface area contributed by atoms with E-state index in [9.17, 15) is 14.7 Å². The Morgan fingerprint density at radius 1 is 1.48 bits per heavy atom. The molecule has 0 bridgehead atoms. The summed E-state index contributed by atoms with van der Waals surface area (Å²) in [5.41, 5.74) is 0. The highest BCUT2D eigenvalue weighted by Gasteiger charge is 2.33. The van der Waals surface area contributed by atoms with Crippen LogP contribution in [0.4, 0.5) is 4.79 Å². The second-order valence-electron chi connectivity index (χ2n) is 5.62. The average Bonchev–Trinajstić information content (AvgIpc) is 3.07. The first-order valence-corrected chi connectivity index (χ1v) is 8.24. The lowest BCUT2D eigenvalue weighted by molar-refractivity contribution is -0.139. The second kappa shape index (κ2) is 6.93. The Morgan fingerprint density at radius 3 is 2.76 bits per heavy atom. The van der Waals surface area contributed by atoms with Gasteiger partial charge in [-0.1, -0.05) is 26.3 Å². The summed E-state index contributed by atoms with van der Waals surface area (Å²) in [6.45, 7) is 4.32. The predicted molar refractivity (Wildman–Crippen MR) is 82.3 cm³/mol. The molecular formula is C15H22N2O3S. The maximum absolute atomic E-state index is 12.1. The average molecular weight is 310 g/mol. The van der Waals surface area contributed by atoms with Gasteiger partial charge in [0, 0.05) is 10.9 Å². The van der Waals surface area contributed by atoms with Crippen LogP contribution in [-0.2, 0) is 4.79 Å². The molecular weight excluding hydrogens is 288 g/mol. The molecule has 1 aliphatic carbocycles. The molecule has 1 fully saturated rings. The number of nitrogens with one attached hydrogen (secondary N) is 2. The third kappa shape index (κ3) is 3.75. The number of thiophene rings is 1. The summed E-state index contributed by atoms with van der Waals surface area (Å²) in [5, 5.41) is 16.5. The minimum absolute atomic E-state index is 0.132. The van der Waals surface area contributed by atoms with E-state index >= 15 is 0 Å². The summed E-state index contributed by atoms with van der Waals surface area (Å²) in [7, 11) is 0. The van der Waals surface area contributed by atoms with Gasteiger partial charge in [-0.2, -0.15) is 0 Å². The molecule has 3 N–H and O–H groups in total. The van der Waals surface area contributed by atoms with Crippen LogP contribution in [0.25, 0.3) is 0 Å². The van der Waals surface area contributed by atoms with Crippen LogP contribution < -0.4 is 10.6 Å². The van der Waals surface area contributed by atoms with E-state index in [1.165, 1.54) is 11.3 Å². The molecule has 116 valence electrons. The van der Waals surface area contributed by atoms with E-state index in [4.69, 9.17) is 0 Å². The van der Waals surface area contributed by atoms with Crippen molar-refractivity contribution in [2.24, 2.45) is 11.8 Å².